The number of hydrogen-bond donors (Lipinski definition) is 1. The smallest absolute Gasteiger partial charge is 0.410 e. The SMILES string of the molecule is CC(C)(C)OC(=O)N1CCN(C2Cc3ccc(N)cc3C2)CC1. The van der Waals surface area contributed by atoms with Crippen molar-refractivity contribution >= 4 is 11.8 Å². The van der Waals surface area contributed by atoms with Crippen molar-refractivity contribution in [2.75, 3.05) is 31.9 Å². The van der Waals surface area contributed by atoms with Crippen molar-refractivity contribution in [3.63, 3.8) is 0 Å². The number of carbonyl (C=O) groups excluding carboxylic acids is 1. The van der Waals surface area contributed by atoms with Gasteiger partial charge in [-0.05, 0) is 56.9 Å². The van der Waals surface area contributed by atoms with Crippen LogP contribution in [0.3, 0.4) is 0 Å². The molecule has 1 aromatic carbocycles. The Morgan fingerprint density at radius 2 is 1.78 bits per heavy atom. The number of piperazine rings is 1. The third kappa shape index (κ3) is 3.78. The van der Waals surface area contributed by atoms with Gasteiger partial charge < -0.3 is 15.4 Å². The standard InChI is InChI=1S/C18H27N3O2/c1-18(2,3)23-17(22)21-8-6-20(7-9-21)16-11-13-4-5-15(19)10-14(13)12-16/h4-5,10,16H,6-9,11-12,19H2,1-3H3. The summed E-state index contributed by atoms with van der Waals surface area (Å²) < 4.78 is 5.46. The minimum atomic E-state index is -0.429. The van der Waals surface area contributed by atoms with Gasteiger partial charge >= 0.3 is 6.09 Å². The normalized spacial score (nSPS) is 22.0. The molecule has 3 rings (SSSR count). The van der Waals surface area contributed by atoms with Gasteiger partial charge in [-0.1, -0.05) is 6.07 Å². The molecule has 1 heterocycles. The first kappa shape index (κ1) is 16.1. The highest BCUT2D eigenvalue weighted by Crippen LogP contribution is 2.28. The maximum Gasteiger partial charge on any atom is 0.410 e. The fourth-order valence-electron chi connectivity index (χ4n) is 3.47. The molecular weight excluding hydrogens is 290 g/mol. The Morgan fingerprint density at radius 3 is 2.43 bits per heavy atom. The van der Waals surface area contributed by atoms with Gasteiger partial charge in [0.2, 0.25) is 0 Å². The Kier molecular flexibility index (Phi) is 4.23. The molecule has 1 atom stereocenters. The van der Waals surface area contributed by atoms with Crippen LogP contribution in [0.5, 0.6) is 0 Å². The molecule has 1 unspecified atom stereocenters. The second-order valence-corrected chi connectivity index (χ2v) is 7.59. The molecule has 1 saturated heterocycles. The lowest BCUT2D eigenvalue weighted by atomic mass is 10.1. The molecule has 23 heavy (non-hydrogen) atoms. The van der Waals surface area contributed by atoms with Gasteiger partial charge in [0.1, 0.15) is 5.60 Å². The molecule has 5 nitrogen and oxygen atoms in total. The quantitative estimate of drug-likeness (QED) is 0.807. The molecule has 5 heteroatoms. The third-order valence-corrected chi connectivity index (χ3v) is 4.62. The zero-order valence-corrected chi connectivity index (χ0v) is 14.3. The number of rotatable bonds is 1. The minimum absolute atomic E-state index is 0.195. The van der Waals surface area contributed by atoms with E-state index in [1.165, 1.54) is 11.1 Å². The van der Waals surface area contributed by atoms with Crippen LogP contribution in [0.15, 0.2) is 18.2 Å². The van der Waals surface area contributed by atoms with Crippen molar-refractivity contribution in [1.29, 1.82) is 0 Å². The summed E-state index contributed by atoms with van der Waals surface area (Å²) in [6.07, 6.45) is 1.95. The van der Waals surface area contributed by atoms with Crippen LogP contribution in [-0.2, 0) is 17.6 Å². The second kappa shape index (κ2) is 6.04. The van der Waals surface area contributed by atoms with E-state index in [-0.39, 0.29) is 6.09 Å². The van der Waals surface area contributed by atoms with Gasteiger partial charge in [-0.15, -0.1) is 0 Å². The first-order valence-corrected chi connectivity index (χ1v) is 8.41. The Bertz CT molecular complexity index is 586. The van der Waals surface area contributed by atoms with Gasteiger partial charge in [0, 0.05) is 37.9 Å². The molecule has 1 aliphatic carbocycles. The van der Waals surface area contributed by atoms with E-state index in [1.807, 2.05) is 31.7 Å². The highest BCUT2D eigenvalue weighted by atomic mass is 16.6. The summed E-state index contributed by atoms with van der Waals surface area (Å²) >= 11 is 0. The molecule has 1 fully saturated rings. The van der Waals surface area contributed by atoms with E-state index in [0.717, 1.165) is 44.7 Å². The fraction of sp³-hybridized carbons (Fsp3) is 0.611. The summed E-state index contributed by atoms with van der Waals surface area (Å²) in [7, 11) is 0. The molecule has 0 spiro atoms. The highest BCUT2D eigenvalue weighted by Gasteiger charge is 2.31. The van der Waals surface area contributed by atoms with Gasteiger partial charge in [0.05, 0.1) is 0 Å². The number of nitrogen functional groups attached to an aromatic ring is 1. The molecule has 1 aliphatic heterocycles. The molecule has 0 bridgehead atoms. The zero-order chi connectivity index (χ0) is 16.6. The topological polar surface area (TPSA) is 58.8 Å². The Labute approximate surface area is 138 Å². The number of fused-ring (bicyclic) bond motifs is 1. The number of nitrogens with two attached hydrogens (primary N) is 1. The fourth-order valence-corrected chi connectivity index (χ4v) is 3.47. The Hall–Kier alpha value is -1.75. The van der Waals surface area contributed by atoms with E-state index in [1.54, 1.807) is 0 Å². The average Bonchev–Trinajstić information content (AvgIpc) is 2.88. The van der Waals surface area contributed by atoms with Crippen molar-refractivity contribution in [3.05, 3.63) is 29.3 Å². The van der Waals surface area contributed by atoms with Gasteiger partial charge in [0.25, 0.3) is 0 Å². The number of benzene rings is 1. The molecule has 1 amide bonds. The summed E-state index contributed by atoms with van der Waals surface area (Å²) in [5, 5.41) is 0. The summed E-state index contributed by atoms with van der Waals surface area (Å²) in [4.78, 5) is 16.4. The van der Waals surface area contributed by atoms with Gasteiger partial charge in [-0.3, -0.25) is 4.90 Å². The van der Waals surface area contributed by atoms with E-state index in [2.05, 4.69) is 17.0 Å². The van der Waals surface area contributed by atoms with Crippen LogP contribution in [0.25, 0.3) is 0 Å². The molecule has 2 aliphatic rings. The molecule has 0 saturated carbocycles. The Balaban J connectivity index is 1.53. The van der Waals surface area contributed by atoms with E-state index in [9.17, 15) is 4.79 Å². The monoisotopic (exact) mass is 317 g/mol. The molecule has 2 N–H and O–H groups in total. The van der Waals surface area contributed by atoms with Crippen LogP contribution >= 0.6 is 0 Å². The predicted molar refractivity (Wildman–Crippen MR) is 91.4 cm³/mol. The van der Waals surface area contributed by atoms with Crippen LogP contribution in [0.1, 0.15) is 31.9 Å². The second-order valence-electron chi connectivity index (χ2n) is 7.59. The van der Waals surface area contributed by atoms with Crippen molar-refractivity contribution in [3.8, 4) is 0 Å². The third-order valence-electron chi connectivity index (χ3n) is 4.62. The largest absolute Gasteiger partial charge is 0.444 e. The van der Waals surface area contributed by atoms with Crippen molar-refractivity contribution in [2.45, 2.75) is 45.3 Å². The van der Waals surface area contributed by atoms with Crippen LogP contribution in [-0.4, -0.2) is 53.7 Å². The van der Waals surface area contributed by atoms with Crippen molar-refractivity contribution < 1.29 is 9.53 Å². The van der Waals surface area contributed by atoms with Crippen LogP contribution < -0.4 is 5.73 Å². The molecular formula is C18H27N3O2. The number of nitrogens with zero attached hydrogens (tertiary/aromatic N) is 2. The highest BCUT2D eigenvalue weighted by molar-refractivity contribution is 5.68. The first-order valence-electron chi connectivity index (χ1n) is 8.41. The Morgan fingerprint density at radius 1 is 1.13 bits per heavy atom. The van der Waals surface area contributed by atoms with Gasteiger partial charge in [-0.25, -0.2) is 4.79 Å². The van der Waals surface area contributed by atoms with Crippen molar-refractivity contribution in [2.24, 2.45) is 0 Å². The molecule has 126 valence electrons. The number of carbonyl (C=O) groups is 1. The van der Waals surface area contributed by atoms with Crippen LogP contribution in [0.4, 0.5) is 10.5 Å². The molecule has 1 aromatic rings. The lowest BCUT2D eigenvalue weighted by molar-refractivity contribution is 0.0107. The van der Waals surface area contributed by atoms with Gasteiger partial charge in [-0.2, -0.15) is 0 Å². The average molecular weight is 317 g/mol. The number of ether oxygens (including phenoxy) is 1. The lowest BCUT2D eigenvalue weighted by Crippen LogP contribution is -2.53. The number of amides is 1. The number of hydrogen-bond acceptors (Lipinski definition) is 4. The number of anilines is 1. The minimum Gasteiger partial charge on any atom is -0.444 e. The summed E-state index contributed by atoms with van der Waals surface area (Å²) in [6, 6.07) is 6.78. The van der Waals surface area contributed by atoms with Crippen LogP contribution in [0.2, 0.25) is 0 Å². The molecule has 0 radical (unpaired) electrons. The first-order chi connectivity index (χ1) is 10.8. The summed E-state index contributed by atoms with van der Waals surface area (Å²) in [5.74, 6) is 0. The summed E-state index contributed by atoms with van der Waals surface area (Å²) in [6.45, 7) is 9.02. The van der Waals surface area contributed by atoms with E-state index < -0.39 is 5.60 Å². The zero-order valence-electron chi connectivity index (χ0n) is 14.3. The molecule has 0 aromatic heterocycles. The summed E-state index contributed by atoms with van der Waals surface area (Å²) in [5.41, 5.74) is 9.10. The lowest BCUT2D eigenvalue weighted by Gasteiger charge is -2.38. The van der Waals surface area contributed by atoms with E-state index in [0.29, 0.717) is 6.04 Å². The maximum atomic E-state index is 12.1. The van der Waals surface area contributed by atoms with E-state index in [4.69, 9.17) is 10.5 Å². The van der Waals surface area contributed by atoms with Crippen LogP contribution in [0, 0.1) is 0 Å². The predicted octanol–water partition coefficient (Wildman–Crippen LogP) is 2.29. The maximum absolute atomic E-state index is 12.1. The van der Waals surface area contributed by atoms with Gasteiger partial charge in [0.15, 0.2) is 0 Å². The van der Waals surface area contributed by atoms with E-state index >= 15 is 0 Å². The van der Waals surface area contributed by atoms with Crippen molar-refractivity contribution in [1.82, 2.24) is 9.80 Å².